The highest BCUT2D eigenvalue weighted by Crippen LogP contribution is 2.16. The molecule has 0 spiro atoms. The van der Waals surface area contributed by atoms with E-state index in [2.05, 4.69) is 15.4 Å². The molecule has 2 aromatic rings. The van der Waals surface area contributed by atoms with E-state index in [1.54, 1.807) is 36.4 Å². The predicted molar refractivity (Wildman–Crippen MR) is 99.2 cm³/mol. The Kier molecular flexibility index (Phi) is 6.91. The third-order valence-corrected chi connectivity index (χ3v) is 3.77. The van der Waals surface area contributed by atoms with Crippen molar-refractivity contribution < 1.29 is 19.1 Å². The zero-order valence-electron chi connectivity index (χ0n) is 14.9. The minimum Gasteiger partial charge on any atom is -0.469 e. The van der Waals surface area contributed by atoms with Crippen LogP contribution in [0, 0.1) is 6.92 Å². The fourth-order valence-corrected chi connectivity index (χ4v) is 2.40. The molecule has 0 unspecified atom stereocenters. The average Bonchev–Trinajstić information content (AvgIpc) is 2.65. The van der Waals surface area contributed by atoms with Crippen LogP contribution in [-0.2, 0) is 9.53 Å². The fourth-order valence-electron chi connectivity index (χ4n) is 2.40. The molecular weight excluding hydrogens is 332 g/mol. The fraction of sp³-hybridized carbons (Fsp3) is 0.250. The molecule has 0 radical (unpaired) electrons. The van der Waals surface area contributed by atoms with E-state index in [0.717, 1.165) is 5.56 Å². The van der Waals surface area contributed by atoms with E-state index in [0.29, 0.717) is 29.8 Å². The second kappa shape index (κ2) is 9.36. The molecule has 0 bridgehead atoms. The smallest absolute Gasteiger partial charge is 0.305 e. The van der Waals surface area contributed by atoms with Crippen molar-refractivity contribution in [1.82, 2.24) is 5.32 Å². The molecule has 0 saturated carbocycles. The lowest BCUT2D eigenvalue weighted by molar-refractivity contribution is -0.140. The maximum Gasteiger partial charge on any atom is 0.305 e. The SMILES string of the molecule is COC(=O)CCCNC(=O)c1ccccc1NC(=O)c1cccc(C)c1. The van der Waals surface area contributed by atoms with Crippen molar-refractivity contribution in [3.05, 3.63) is 65.2 Å². The molecule has 26 heavy (non-hydrogen) atoms. The van der Waals surface area contributed by atoms with E-state index in [1.165, 1.54) is 7.11 Å². The highest BCUT2D eigenvalue weighted by molar-refractivity contribution is 6.09. The number of carbonyl (C=O) groups is 3. The topological polar surface area (TPSA) is 84.5 Å². The molecule has 2 N–H and O–H groups in total. The summed E-state index contributed by atoms with van der Waals surface area (Å²) in [5.74, 6) is -0.903. The van der Waals surface area contributed by atoms with Crippen LogP contribution in [-0.4, -0.2) is 31.4 Å². The molecule has 0 aliphatic rings. The van der Waals surface area contributed by atoms with Crippen molar-refractivity contribution in [2.24, 2.45) is 0 Å². The van der Waals surface area contributed by atoms with Crippen molar-refractivity contribution in [3.8, 4) is 0 Å². The summed E-state index contributed by atoms with van der Waals surface area (Å²) < 4.78 is 4.56. The summed E-state index contributed by atoms with van der Waals surface area (Å²) >= 11 is 0. The number of aryl methyl sites for hydroxylation is 1. The summed E-state index contributed by atoms with van der Waals surface area (Å²) in [5.41, 5.74) is 2.31. The molecule has 2 aromatic carbocycles. The van der Waals surface area contributed by atoms with Crippen LogP contribution in [0.4, 0.5) is 5.69 Å². The van der Waals surface area contributed by atoms with Crippen LogP contribution in [0.25, 0.3) is 0 Å². The number of nitrogens with one attached hydrogen (secondary N) is 2. The van der Waals surface area contributed by atoms with Gasteiger partial charge < -0.3 is 15.4 Å². The average molecular weight is 354 g/mol. The largest absolute Gasteiger partial charge is 0.469 e. The van der Waals surface area contributed by atoms with E-state index in [9.17, 15) is 14.4 Å². The molecule has 0 fully saturated rings. The summed E-state index contributed by atoms with van der Waals surface area (Å²) in [4.78, 5) is 35.9. The number of anilines is 1. The number of benzene rings is 2. The van der Waals surface area contributed by atoms with E-state index in [4.69, 9.17) is 0 Å². The molecule has 6 heteroatoms. The van der Waals surface area contributed by atoms with Gasteiger partial charge in [0.15, 0.2) is 0 Å². The Labute approximate surface area is 152 Å². The van der Waals surface area contributed by atoms with Gasteiger partial charge in [0, 0.05) is 18.5 Å². The normalized spacial score (nSPS) is 10.1. The van der Waals surface area contributed by atoms with Crippen LogP contribution in [0.3, 0.4) is 0 Å². The Morgan fingerprint density at radius 3 is 2.50 bits per heavy atom. The number of hydrogen-bond acceptors (Lipinski definition) is 4. The first-order valence-corrected chi connectivity index (χ1v) is 8.33. The minimum atomic E-state index is -0.315. The first-order chi connectivity index (χ1) is 12.5. The Hall–Kier alpha value is -3.15. The summed E-state index contributed by atoms with van der Waals surface area (Å²) in [7, 11) is 1.33. The van der Waals surface area contributed by atoms with Gasteiger partial charge in [-0.25, -0.2) is 0 Å². The molecular formula is C20H22N2O4. The molecule has 0 aliphatic carbocycles. The van der Waals surface area contributed by atoms with E-state index >= 15 is 0 Å². The molecule has 0 aromatic heterocycles. The van der Waals surface area contributed by atoms with E-state index in [-0.39, 0.29) is 24.2 Å². The zero-order valence-corrected chi connectivity index (χ0v) is 14.9. The van der Waals surface area contributed by atoms with Gasteiger partial charge in [-0.2, -0.15) is 0 Å². The summed E-state index contributed by atoms with van der Waals surface area (Å²) in [6, 6.07) is 14.0. The second-order valence-electron chi connectivity index (χ2n) is 5.80. The Morgan fingerprint density at radius 2 is 1.77 bits per heavy atom. The van der Waals surface area contributed by atoms with Crippen LogP contribution in [0.1, 0.15) is 39.1 Å². The van der Waals surface area contributed by atoms with Gasteiger partial charge in [-0.3, -0.25) is 14.4 Å². The summed E-state index contributed by atoms with van der Waals surface area (Å²) in [5, 5.41) is 5.52. The van der Waals surface area contributed by atoms with Crippen LogP contribution < -0.4 is 10.6 Å². The molecule has 136 valence electrons. The molecule has 6 nitrogen and oxygen atoms in total. The summed E-state index contributed by atoms with van der Waals surface area (Å²) in [6.45, 7) is 2.25. The van der Waals surface area contributed by atoms with Gasteiger partial charge in [-0.05, 0) is 37.6 Å². The number of esters is 1. The lowest BCUT2D eigenvalue weighted by Crippen LogP contribution is -2.26. The standard InChI is InChI=1S/C20H22N2O4/c1-14-7-5-8-15(13-14)19(24)22-17-10-4-3-9-16(17)20(25)21-12-6-11-18(23)26-2/h3-5,7-10,13H,6,11-12H2,1-2H3,(H,21,25)(H,22,24). The van der Waals surface area contributed by atoms with Gasteiger partial charge in [-0.1, -0.05) is 29.8 Å². The van der Waals surface area contributed by atoms with Crippen molar-refractivity contribution >= 4 is 23.5 Å². The van der Waals surface area contributed by atoms with Gasteiger partial charge in [0.1, 0.15) is 0 Å². The number of amides is 2. The Bertz CT molecular complexity index is 802. The lowest BCUT2D eigenvalue weighted by atomic mass is 10.1. The monoisotopic (exact) mass is 354 g/mol. The molecule has 2 amide bonds. The number of ether oxygens (including phenoxy) is 1. The van der Waals surface area contributed by atoms with Crippen molar-refractivity contribution in [3.63, 3.8) is 0 Å². The predicted octanol–water partition coefficient (Wildman–Crippen LogP) is 2.93. The number of hydrogen-bond donors (Lipinski definition) is 2. The Balaban J connectivity index is 2.01. The van der Waals surface area contributed by atoms with Gasteiger partial charge in [0.2, 0.25) is 0 Å². The van der Waals surface area contributed by atoms with Gasteiger partial charge in [0.05, 0.1) is 18.4 Å². The minimum absolute atomic E-state index is 0.239. The van der Waals surface area contributed by atoms with E-state index < -0.39 is 0 Å². The molecule has 0 saturated heterocycles. The van der Waals surface area contributed by atoms with E-state index in [1.807, 2.05) is 19.1 Å². The molecule has 2 rings (SSSR count). The third-order valence-electron chi connectivity index (χ3n) is 3.77. The number of methoxy groups -OCH3 is 1. The summed E-state index contributed by atoms with van der Waals surface area (Å²) in [6.07, 6.45) is 0.721. The quantitative estimate of drug-likeness (QED) is 0.591. The number of para-hydroxylation sites is 1. The first kappa shape index (κ1) is 19.2. The highest BCUT2D eigenvalue weighted by atomic mass is 16.5. The molecule has 0 atom stereocenters. The number of carbonyl (C=O) groups excluding carboxylic acids is 3. The van der Waals surface area contributed by atoms with Crippen molar-refractivity contribution in [1.29, 1.82) is 0 Å². The molecule has 0 aliphatic heterocycles. The van der Waals surface area contributed by atoms with Gasteiger partial charge in [-0.15, -0.1) is 0 Å². The van der Waals surface area contributed by atoms with Gasteiger partial charge in [0.25, 0.3) is 11.8 Å². The maximum atomic E-state index is 12.4. The molecule has 0 heterocycles. The van der Waals surface area contributed by atoms with Crippen molar-refractivity contribution in [2.45, 2.75) is 19.8 Å². The lowest BCUT2D eigenvalue weighted by Gasteiger charge is -2.11. The van der Waals surface area contributed by atoms with Gasteiger partial charge >= 0.3 is 5.97 Å². The van der Waals surface area contributed by atoms with Crippen molar-refractivity contribution in [2.75, 3.05) is 19.0 Å². The number of rotatable bonds is 7. The van der Waals surface area contributed by atoms with Crippen LogP contribution >= 0.6 is 0 Å². The first-order valence-electron chi connectivity index (χ1n) is 8.33. The van der Waals surface area contributed by atoms with Crippen LogP contribution in [0.2, 0.25) is 0 Å². The second-order valence-corrected chi connectivity index (χ2v) is 5.80. The highest BCUT2D eigenvalue weighted by Gasteiger charge is 2.14. The zero-order chi connectivity index (χ0) is 18.9. The van der Waals surface area contributed by atoms with Crippen LogP contribution in [0.5, 0.6) is 0 Å². The Morgan fingerprint density at radius 1 is 1.00 bits per heavy atom. The third kappa shape index (κ3) is 5.44. The maximum absolute atomic E-state index is 12.4. The van der Waals surface area contributed by atoms with Crippen LogP contribution in [0.15, 0.2) is 48.5 Å².